The number of rotatable bonds is 1. The van der Waals surface area contributed by atoms with E-state index in [1.807, 2.05) is 0 Å². The van der Waals surface area contributed by atoms with Gasteiger partial charge in [-0.15, -0.1) is 0 Å². The van der Waals surface area contributed by atoms with Crippen LogP contribution in [0.1, 0.15) is 6.42 Å². The molecule has 0 aromatic heterocycles. The van der Waals surface area contributed by atoms with Crippen molar-refractivity contribution >= 4 is 5.91 Å². The number of amides is 1. The van der Waals surface area contributed by atoms with Gasteiger partial charge in [-0.2, -0.15) is 13.2 Å². The van der Waals surface area contributed by atoms with Crippen molar-refractivity contribution in [1.29, 1.82) is 0 Å². The predicted molar refractivity (Wildman–Crippen MR) is 37.7 cm³/mol. The van der Waals surface area contributed by atoms with E-state index in [0.717, 1.165) is 0 Å². The van der Waals surface area contributed by atoms with Crippen LogP contribution in [0, 0.1) is 11.8 Å². The van der Waals surface area contributed by atoms with Crippen LogP contribution in [0.15, 0.2) is 0 Å². The van der Waals surface area contributed by atoms with Crippen molar-refractivity contribution in [2.45, 2.75) is 12.6 Å². The first-order valence-corrected chi connectivity index (χ1v) is 3.89. The zero-order chi connectivity index (χ0) is 10.1. The molecule has 1 aliphatic heterocycles. The van der Waals surface area contributed by atoms with E-state index < -0.39 is 37.1 Å². The first-order valence-electron chi connectivity index (χ1n) is 3.89. The number of hydrogen-bond donors (Lipinski definition) is 2. The topological polar surface area (TPSA) is 49.3 Å². The highest BCUT2D eigenvalue weighted by atomic mass is 19.4. The molecule has 2 atom stereocenters. The number of hydrogen-bond acceptors (Lipinski definition) is 2. The lowest BCUT2D eigenvalue weighted by atomic mass is 9.86. The maximum absolute atomic E-state index is 12.2. The molecule has 13 heavy (non-hydrogen) atoms. The average Bonchev–Trinajstić information content (AvgIpc) is 2.01. The number of carbonyl (C=O) groups excluding carboxylic acids is 1. The van der Waals surface area contributed by atoms with E-state index in [-0.39, 0.29) is 6.42 Å². The van der Waals surface area contributed by atoms with E-state index in [2.05, 4.69) is 5.32 Å². The summed E-state index contributed by atoms with van der Waals surface area (Å²) in [5.74, 6) is -3.04. The minimum Gasteiger partial charge on any atom is -0.396 e. The van der Waals surface area contributed by atoms with E-state index in [1.165, 1.54) is 0 Å². The Bertz CT molecular complexity index is 204. The fraction of sp³-hybridized carbons (Fsp3) is 0.857. The van der Waals surface area contributed by atoms with Crippen LogP contribution in [-0.4, -0.2) is 30.3 Å². The number of halogens is 3. The molecule has 1 amide bonds. The molecule has 1 fully saturated rings. The van der Waals surface area contributed by atoms with Crippen molar-refractivity contribution < 1.29 is 23.1 Å². The molecule has 3 nitrogen and oxygen atoms in total. The highest BCUT2D eigenvalue weighted by Crippen LogP contribution is 2.34. The molecule has 0 bridgehead atoms. The molecule has 6 heteroatoms. The van der Waals surface area contributed by atoms with E-state index in [1.54, 1.807) is 0 Å². The lowest BCUT2D eigenvalue weighted by Crippen LogP contribution is -2.48. The molecule has 0 spiro atoms. The van der Waals surface area contributed by atoms with Crippen LogP contribution in [0.4, 0.5) is 13.2 Å². The second kappa shape index (κ2) is 3.53. The van der Waals surface area contributed by atoms with Crippen LogP contribution < -0.4 is 5.32 Å². The van der Waals surface area contributed by atoms with Crippen molar-refractivity contribution in [3.8, 4) is 0 Å². The number of aliphatic hydroxyl groups excluding tert-OH is 1. The third-order valence-electron chi connectivity index (χ3n) is 2.19. The van der Waals surface area contributed by atoms with E-state index >= 15 is 0 Å². The minimum atomic E-state index is -4.35. The lowest BCUT2D eigenvalue weighted by Gasteiger charge is -2.31. The van der Waals surface area contributed by atoms with Crippen molar-refractivity contribution in [3.63, 3.8) is 0 Å². The summed E-state index contributed by atoms with van der Waals surface area (Å²) in [6.45, 7) is -1.02. The number of carbonyl (C=O) groups is 1. The second-order valence-corrected chi connectivity index (χ2v) is 3.10. The summed E-state index contributed by atoms with van der Waals surface area (Å²) in [6.07, 6.45) is -4.60. The summed E-state index contributed by atoms with van der Waals surface area (Å²) < 4.78 is 36.7. The highest BCUT2D eigenvalue weighted by Gasteiger charge is 2.46. The molecule has 0 radical (unpaired) electrons. The van der Waals surface area contributed by atoms with Gasteiger partial charge in [-0.1, -0.05) is 0 Å². The van der Waals surface area contributed by atoms with Gasteiger partial charge in [-0.3, -0.25) is 4.79 Å². The van der Waals surface area contributed by atoms with Gasteiger partial charge >= 0.3 is 6.18 Å². The van der Waals surface area contributed by atoms with E-state index in [4.69, 9.17) is 5.11 Å². The van der Waals surface area contributed by atoms with Crippen molar-refractivity contribution in [1.82, 2.24) is 5.32 Å². The minimum absolute atomic E-state index is 0.249. The van der Waals surface area contributed by atoms with Gasteiger partial charge in [0.1, 0.15) is 0 Å². The van der Waals surface area contributed by atoms with Gasteiger partial charge in [0, 0.05) is 25.5 Å². The van der Waals surface area contributed by atoms with Crippen molar-refractivity contribution in [2.75, 3.05) is 13.2 Å². The van der Waals surface area contributed by atoms with Gasteiger partial charge in [0.05, 0.1) is 5.92 Å². The molecule has 1 saturated heterocycles. The van der Waals surface area contributed by atoms with Gasteiger partial charge in [-0.05, 0) is 0 Å². The average molecular weight is 197 g/mol. The Morgan fingerprint density at radius 3 is 2.62 bits per heavy atom. The number of alkyl halides is 3. The number of aliphatic hydroxyl groups is 1. The molecule has 0 aliphatic carbocycles. The van der Waals surface area contributed by atoms with Crippen LogP contribution in [0.5, 0.6) is 0 Å². The van der Waals surface area contributed by atoms with Crippen LogP contribution in [0.25, 0.3) is 0 Å². The zero-order valence-corrected chi connectivity index (χ0v) is 6.77. The Balaban J connectivity index is 2.68. The summed E-state index contributed by atoms with van der Waals surface area (Å²) in [5.41, 5.74) is 0. The molecule has 1 heterocycles. The maximum atomic E-state index is 12.2. The zero-order valence-electron chi connectivity index (χ0n) is 6.77. The molecule has 76 valence electrons. The molecule has 1 rings (SSSR count). The van der Waals surface area contributed by atoms with Crippen molar-refractivity contribution in [2.24, 2.45) is 11.8 Å². The van der Waals surface area contributed by atoms with Crippen LogP contribution >= 0.6 is 0 Å². The SMILES string of the molecule is O=C1CC(CO)C(C(F)(F)F)CN1. The third kappa shape index (κ3) is 2.33. The van der Waals surface area contributed by atoms with E-state index in [9.17, 15) is 18.0 Å². The summed E-state index contributed by atoms with van der Waals surface area (Å²) in [7, 11) is 0. The summed E-state index contributed by atoms with van der Waals surface area (Å²) in [6, 6.07) is 0. The quantitative estimate of drug-likeness (QED) is 0.634. The Hall–Kier alpha value is -0.780. The Morgan fingerprint density at radius 2 is 2.15 bits per heavy atom. The first kappa shape index (κ1) is 10.3. The highest BCUT2D eigenvalue weighted by molar-refractivity contribution is 5.77. The summed E-state index contributed by atoms with van der Waals surface area (Å²) >= 11 is 0. The molecule has 0 aromatic carbocycles. The molecular weight excluding hydrogens is 187 g/mol. The molecule has 2 unspecified atom stereocenters. The van der Waals surface area contributed by atoms with Crippen molar-refractivity contribution in [3.05, 3.63) is 0 Å². The summed E-state index contributed by atoms with van der Waals surface area (Å²) in [5, 5.41) is 10.8. The largest absolute Gasteiger partial charge is 0.396 e. The maximum Gasteiger partial charge on any atom is 0.393 e. The first-order chi connectivity index (χ1) is 5.95. The van der Waals surface area contributed by atoms with Gasteiger partial charge < -0.3 is 10.4 Å². The van der Waals surface area contributed by atoms with Gasteiger partial charge in [0.2, 0.25) is 5.91 Å². The predicted octanol–water partition coefficient (Wildman–Crippen LogP) is 0.293. The molecule has 0 saturated carbocycles. The van der Waals surface area contributed by atoms with Gasteiger partial charge in [0.15, 0.2) is 0 Å². The monoisotopic (exact) mass is 197 g/mol. The Morgan fingerprint density at radius 1 is 1.54 bits per heavy atom. The fourth-order valence-electron chi connectivity index (χ4n) is 1.42. The number of piperidine rings is 1. The Kier molecular flexibility index (Phi) is 2.80. The smallest absolute Gasteiger partial charge is 0.393 e. The summed E-state index contributed by atoms with van der Waals surface area (Å²) in [4.78, 5) is 10.7. The van der Waals surface area contributed by atoms with Crippen LogP contribution in [0.3, 0.4) is 0 Å². The standard InChI is InChI=1S/C7H10F3NO2/c8-7(9,10)5-2-11-6(13)1-4(5)3-12/h4-5,12H,1-3H2,(H,11,13). The lowest BCUT2D eigenvalue weighted by molar-refractivity contribution is -0.196. The Labute approximate surface area is 72.9 Å². The number of nitrogens with one attached hydrogen (secondary N) is 1. The molecular formula is C7H10F3NO2. The molecule has 1 aliphatic rings. The van der Waals surface area contributed by atoms with Gasteiger partial charge in [-0.25, -0.2) is 0 Å². The van der Waals surface area contributed by atoms with Crippen LogP contribution in [0.2, 0.25) is 0 Å². The molecule has 0 aromatic rings. The van der Waals surface area contributed by atoms with Crippen LogP contribution in [-0.2, 0) is 4.79 Å². The molecule has 2 N–H and O–H groups in total. The fourth-order valence-corrected chi connectivity index (χ4v) is 1.42. The normalized spacial score (nSPS) is 30.0. The van der Waals surface area contributed by atoms with E-state index in [0.29, 0.717) is 0 Å². The van der Waals surface area contributed by atoms with Gasteiger partial charge in [0.25, 0.3) is 0 Å². The second-order valence-electron chi connectivity index (χ2n) is 3.10. The third-order valence-corrected chi connectivity index (χ3v) is 2.19.